The van der Waals surface area contributed by atoms with Crippen LogP contribution in [0.4, 0.5) is 0 Å². The Bertz CT molecular complexity index is 671. The predicted molar refractivity (Wildman–Crippen MR) is 85.5 cm³/mol. The zero-order chi connectivity index (χ0) is 17.0. The predicted octanol–water partition coefficient (Wildman–Crippen LogP) is 0.806. The normalized spacial score (nSPS) is 20.7. The maximum atomic E-state index is 12.7. The molecule has 1 heterocycles. The lowest BCUT2D eigenvalue weighted by molar-refractivity contribution is -0.153. The van der Waals surface area contributed by atoms with Gasteiger partial charge in [0.1, 0.15) is 6.04 Å². The van der Waals surface area contributed by atoms with Gasteiger partial charge in [0.2, 0.25) is 5.91 Å². The molecule has 0 aromatic heterocycles. The lowest BCUT2D eigenvalue weighted by Gasteiger charge is -2.32. The van der Waals surface area contributed by atoms with Gasteiger partial charge in [-0.05, 0) is 18.9 Å². The van der Waals surface area contributed by atoms with Crippen LogP contribution >= 0.6 is 0 Å². The van der Waals surface area contributed by atoms with Gasteiger partial charge in [-0.2, -0.15) is 0 Å². The first kappa shape index (κ1) is 17.5. The Morgan fingerprint density at radius 2 is 1.96 bits per heavy atom. The second-order valence-corrected chi connectivity index (χ2v) is 7.95. The number of nitrogens with zero attached hydrogens (tertiary/aromatic N) is 1. The van der Waals surface area contributed by atoms with Gasteiger partial charge in [0.25, 0.3) is 0 Å². The van der Waals surface area contributed by atoms with Gasteiger partial charge in [-0.15, -0.1) is 0 Å². The topological polar surface area (TPSA) is 80.8 Å². The minimum absolute atomic E-state index is 0.0423. The molecule has 1 saturated heterocycles. The first-order valence-corrected chi connectivity index (χ1v) is 9.29. The SMILES string of the molecule is COC(=O)[C@@H](C)N(C(=O)Cc1ccccc1)[C@H]1CCS(=O)(=O)C1. The monoisotopic (exact) mass is 339 g/mol. The summed E-state index contributed by atoms with van der Waals surface area (Å²) >= 11 is 0. The summed E-state index contributed by atoms with van der Waals surface area (Å²) < 4.78 is 28.2. The van der Waals surface area contributed by atoms with E-state index in [9.17, 15) is 18.0 Å². The van der Waals surface area contributed by atoms with Crippen LogP contribution in [0, 0.1) is 0 Å². The fourth-order valence-electron chi connectivity index (χ4n) is 2.88. The highest BCUT2D eigenvalue weighted by atomic mass is 32.2. The number of methoxy groups -OCH3 is 1. The molecule has 0 bridgehead atoms. The average Bonchev–Trinajstić information content (AvgIpc) is 2.87. The number of carbonyl (C=O) groups excluding carboxylic acids is 2. The number of ether oxygens (including phenoxy) is 1. The number of amides is 1. The molecule has 1 fully saturated rings. The van der Waals surface area contributed by atoms with Gasteiger partial charge in [0.05, 0.1) is 25.0 Å². The standard InChI is InChI=1S/C16H21NO5S/c1-12(16(19)22-2)17(14-8-9-23(20,21)11-14)15(18)10-13-6-4-3-5-7-13/h3-7,12,14H,8-11H2,1-2H3/t12-,14+/m1/s1. The van der Waals surface area contributed by atoms with Crippen molar-refractivity contribution in [2.75, 3.05) is 18.6 Å². The second kappa shape index (κ2) is 7.12. The summed E-state index contributed by atoms with van der Waals surface area (Å²) in [5.41, 5.74) is 0.820. The molecule has 0 saturated carbocycles. The van der Waals surface area contributed by atoms with E-state index in [2.05, 4.69) is 0 Å². The van der Waals surface area contributed by atoms with Gasteiger partial charge in [-0.25, -0.2) is 13.2 Å². The lowest BCUT2D eigenvalue weighted by atomic mass is 10.1. The van der Waals surface area contributed by atoms with E-state index in [0.717, 1.165) is 5.56 Å². The summed E-state index contributed by atoms with van der Waals surface area (Å²) in [5.74, 6) is -0.873. The van der Waals surface area contributed by atoms with Crippen molar-refractivity contribution in [1.82, 2.24) is 4.90 Å². The molecule has 7 heteroatoms. The van der Waals surface area contributed by atoms with Crippen molar-refractivity contribution in [1.29, 1.82) is 0 Å². The maximum Gasteiger partial charge on any atom is 0.328 e. The molecule has 23 heavy (non-hydrogen) atoms. The lowest BCUT2D eigenvalue weighted by Crippen LogP contribution is -2.50. The molecule has 126 valence electrons. The molecule has 0 N–H and O–H groups in total. The van der Waals surface area contributed by atoms with Gasteiger partial charge in [-0.3, -0.25) is 4.79 Å². The van der Waals surface area contributed by atoms with Crippen LogP contribution in [0.3, 0.4) is 0 Å². The van der Waals surface area contributed by atoms with Gasteiger partial charge < -0.3 is 9.64 Å². The van der Waals surface area contributed by atoms with Crippen molar-refractivity contribution in [3.63, 3.8) is 0 Å². The number of hydrogen-bond donors (Lipinski definition) is 0. The molecular formula is C16H21NO5S. The first-order chi connectivity index (χ1) is 10.8. The van der Waals surface area contributed by atoms with Crippen LogP contribution in [-0.2, 0) is 30.6 Å². The fourth-order valence-corrected chi connectivity index (χ4v) is 4.59. The van der Waals surface area contributed by atoms with E-state index < -0.39 is 27.9 Å². The van der Waals surface area contributed by atoms with Gasteiger partial charge in [0.15, 0.2) is 9.84 Å². The molecule has 0 spiro atoms. The highest BCUT2D eigenvalue weighted by molar-refractivity contribution is 7.91. The number of carbonyl (C=O) groups is 2. The van der Waals surface area contributed by atoms with Crippen LogP contribution in [0.1, 0.15) is 18.9 Å². The number of sulfone groups is 1. The van der Waals surface area contributed by atoms with Gasteiger partial charge in [-0.1, -0.05) is 30.3 Å². The third-order valence-corrected chi connectivity index (χ3v) is 5.80. The number of rotatable bonds is 5. The Labute approximate surface area is 136 Å². The molecule has 0 aliphatic carbocycles. The molecule has 1 aliphatic heterocycles. The van der Waals surface area contributed by atoms with Gasteiger partial charge in [0, 0.05) is 6.04 Å². The summed E-state index contributed by atoms with van der Waals surface area (Å²) in [4.78, 5) is 25.9. The molecular weight excluding hydrogens is 318 g/mol. The number of esters is 1. The van der Waals surface area contributed by atoms with E-state index in [1.54, 1.807) is 6.92 Å². The van der Waals surface area contributed by atoms with E-state index in [4.69, 9.17) is 4.74 Å². The highest BCUT2D eigenvalue weighted by Crippen LogP contribution is 2.22. The van der Waals surface area contributed by atoms with Gasteiger partial charge >= 0.3 is 5.97 Å². The Morgan fingerprint density at radius 1 is 1.30 bits per heavy atom. The smallest absolute Gasteiger partial charge is 0.328 e. The Balaban J connectivity index is 2.22. The van der Waals surface area contributed by atoms with Crippen LogP contribution in [-0.4, -0.2) is 55.9 Å². The molecule has 2 atom stereocenters. The minimum atomic E-state index is -3.16. The van der Waals surface area contributed by atoms with E-state index in [0.29, 0.717) is 6.42 Å². The van der Waals surface area contributed by atoms with Crippen LogP contribution in [0.25, 0.3) is 0 Å². The minimum Gasteiger partial charge on any atom is -0.467 e. The summed E-state index contributed by atoms with van der Waals surface area (Å²) in [5, 5.41) is 0. The molecule has 1 aromatic carbocycles. The van der Waals surface area contributed by atoms with E-state index in [1.165, 1.54) is 12.0 Å². The van der Waals surface area contributed by atoms with E-state index in [1.807, 2.05) is 30.3 Å². The summed E-state index contributed by atoms with van der Waals surface area (Å²) in [6, 6.07) is 7.87. The van der Waals surface area contributed by atoms with Crippen molar-refractivity contribution in [2.45, 2.75) is 31.8 Å². The quantitative estimate of drug-likeness (QED) is 0.742. The average molecular weight is 339 g/mol. The molecule has 2 rings (SSSR count). The van der Waals surface area contributed by atoms with Crippen molar-refractivity contribution in [2.24, 2.45) is 0 Å². The van der Waals surface area contributed by atoms with Crippen LogP contribution < -0.4 is 0 Å². The van der Waals surface area contributed by atoms with Crippen LogP contribution in [0.2, 0.25) is 0 Å². The molecule has 1 aromatic rings. The van der Waals surface area contributed by atoms with Crippen LogP contribution in [0.5, 0.6) is 0 Å². The number of benzene rings is 1. The van der Waals surface area contributed by atoms with Crippen molar-refractivity contribution < 1.29 is 22.7 Å². The summed E-state index contributed by atoms with van der Waals surface area (Å²) in [6.45, 7) is 1.57. The zero-order valence-electron chi connectivity index (χ0n) is 13.3. The first-order valence-electron chi connectivity index (χ1n) is 7.47. The molecule has 0 unspecified atom stereocenters. The third kappa shape index (κ3) is 4.31. The van der Waals surface area contributed by atoms with Crippen molar-refractivity contribution in [3.8, 4) is 0 Å². The van der Waals surface area contributed by atoms with Crippen LogP contribution in [0.15, 0.2) is 30.3 Å². The van der Waals surface area contributed by atoms with Crippen molar-refractivity contribution in [3.05, 3.63) is 35.9 Å². The third-order valence-electron chi connectivity index (χ3n) is 4.05. The van der Waals surface area contributed by atoms with Crippen molar-refractivity contribution >= 4 is 21.7 Å². The Hall–Kier alpha value is -1.89. The Kier molecular flexibility index (Phi) is 5.41. The Morgan fingerprint density at radius 3 is 2.48 bits per heavy atom. The highest BCUT2D eigenvalue weighted by Gasteiger charge is 2.39. The largest absolute Gasteiger partial charge is 0.467 e. The fraction of sp³-hybridized carbons (Fsp3) is 0.500. The molecule has 6 nitrogen and oxygen atoms in total. The summed E-state index contributed by atoms with van der Waals surface area (Å²) in [7, 11) is -1.90. The second-order valence-electron chi connectivity index (χ2n) is 5.72. The zero-order valence-corrected chi connectivity index (χ0v) is 14.1. The van der Waals surface area contributed by atoms with E-state index in [-0.39, 0.29) is 23.8 Å². The summed E-state index contributed by atoms with van der Waals surface area (Å²) in [6.07, 6.45) is 0.475. The maximum absolute atomic E-state index is 12.7. The molecule has 1 aliphatic rings. The van der Waals surface area contributed by atoms with E-state index >= 15 is 0 Å². The molecule has 0 radical (unpaired) electrons. The molecule has 1 amide bonds. The number of hydrogen-bond acceptors (Lipinski definition) is 5.